The number of methoxy groups -OCH3 is 1. The molecular weight excluding hydrogens is 253 g/mol. The lowest BCUT2D eigenvalue weighted by atomic mass is 9.74. The van der Waals surface area contributed by atoms with Crippen LogP contribution in [0.5, 0.6) is 5.75 Å². The Labute approximate surface area is 121 Å². The SMILES string of the molecule is COc1ccc([C@H](N)B2OC(C)(C)C(C)(C)O2)cc1C. The number of benzene rings is 1. The van der Waals surface area contributed by atoms with Crippen LogP contribution in [0.2, 0.25) is 0 Å². The average Bonchev–Trinajstić information content (AvgIpc) is 2.57. The van der Waals surface area contributed by atoms with Crippen molar-refractivity contribution in [3.05, 3.63) is 29.3 Å². The van der Waals surface area contributed by atoms with Crippen LogP contribution in [0.3, 0.4) is 0 Å². The summed E-state index contributed by atoms with van der Waals surface area (Å²) in [5, 5.41) is 0. The Morgan fingerprint density at radius 3 is 2.15 bits per heavy atom. The summed E-state index contributed by atoms with van der Waals surface area (Å²) in [5.74, 6) is 0.538. The van der Waals surface area contributed by atoms with Crippen LogP contribution in [0.15, 0.2) is 18.2 Å². The minimum atomic E-state index is -0.437. The Morgan fingerprint density at radius 1 is 1.15 bits per heavy atom. The van der Waals surface area contributed by atoms with Gasteiger partial charge in [0.25, 0.3) is 0 Å². The van der Waals surface area contributed by atoms with Crippen molar-refractivity contribution in [3.8, 4) is 5.75 Å². The molecule has 1 saturated heterocycles. The monoisotopic (exact) mass is 277 g/mol. The number of aryl methyl sites for hydroxylation is 1. The van der Waals surface area contributed by atoms with E-state index in [9.17, 15) is 0 Å². The highest BCUT2D eigenvalue weighted by Crippen LogP contribution is 2.39. The molecule has 0 saturated carbocycles. The van der Waals surface area contributed by atoms with Gasteiger partial charge in [-0.2, -0.15) is 0 Å². The van der Waals surface area contributed by atoms with Crippen LogP contribution in [0, 0.1) is 6.92 Å². The van der Waals surface area contributed by atoms with E-state index in [0.29, 0.717) is 0 Å². The highest BCUT2D eigenvalue weighted by Gasteiger charge is 2.53. The van der Waals surface area contributed by atoms with Crippen molar-refractivity contribution < 1.29 is 14.0 Å². The number of nitrogens with two attached hydrogens (primary N) is 1. The van der Waals surface area contributed by atoms with Crippen molar-refractivity contribution >= 4 is 7.12 Å². The van der Waals surface area contributed by atoms with Gasteiger partial charge < -0.3 is 19.8 Å². The number of ether oxygens (including phenoxy) is 1. The summed E-state index contributed by atoms with van der Waals surface area (Å²) >= 11 is 0. The first-order valence-corrected chi connectivity index (χ1v) is 6.94. The minimum Gasteiger partial charge on any atom is -0.496 e. The molecule has 0 unspecified atom stereocenters. The lowest BCUT2D eigenvalue weighted by molar-refractivity contribution is 0.00578. The molecule has 0 amide bonds. The van der Waals surface area contributed by atoms with Crippen molar-refractivity contribution in [2.45, 2.75) is 51.8 Å². The molecule has 0 radical (unpaired) electrons. The number of rotatable bonds is 3. The maximum Gasteiger partial charge on any atom is 0.480 e. The highest BCUT2D eigenvalue weighted by atomic mass is 16.7. The van der Waals surface area contributed by atoms with E-state index in [0.717, 1.165) is 16.9 Å². The molecule has 1 atom stereocenters. The maximum absolute atomic E-state index is 6.31. The zero-order valence-corrected chi connectivity index (χ0v) is 13.2. The van der Waals surface area contributed by atoms with Gasteiger partial charge in [0.15, 0.2) is 0 Å². The lowest BCUT2D eigenvalue weighted by Gasteiger charge is -2.32. The Bertz CT molecular complexity index is 486. The van der Waals surface area contributed by atoms with E-state index in [1.54, 1.807) is 7.11 Å². The summed E-state index contributed by atoms with van der Waals surface area (Å²) in [5.41, 5.74) is 7.62. The summed E-state index contributed by atoms with van der Waals surface area (Å²) in [6.45, 7) is 10.1. The zero-order valence-electron chi connectivity index (χ0n) is 13.2. The van der Waals surface area contributed by atoms with Crippen LogP contribution in [-0.2, 0) is 9.31 Å². The van der Waals surface area contributed by atoms with Gasteiger partial charge in [0.1, 0.15) is 5.75 Å². The Kier molecular flexibility index (Phi) is 3.89. The summed E-state index contributed by atoms with van der Waals surface area (Å²) in [7, 11) is 1.23. The Hall–Kier alpha value is -1.04. The number of hydrogen-bond acceptors (Lipinski definition) is 4. The second-order valence-electron chi connectivity index (χ2n) is 6.38. The van der Waals surface area contributed by atoms with Crippen molar-refractivity contribution in [2.75, 3.05) is 7.11 Å². The molecule has 2 N–H and O–H groups in total. The van der Waals surface area contributed by atoms with Crippen molar-refractivity contribution in [1.29, 1.82) is 0 Å². The van der Waals surface area contributed by atoms with Crippen molar-refractivity contribution in [2.24, 2.45) is 5.73 Å². The van der Waals surface area contributed by atoms with E-state index < -0.39 is 7.12 Å². The molecule has 0 bridgehead atoms. The van der Waals surface area contributed by atoms with Gasteiger partial charge in [-0.05, 0) is 51.8 Å². The maximum atomic E-state index is 6.31. The first-order chi connectivity index (χ1) is 9.18. The Morgan fingerprint density at radius 2 is 1.70 bits per heavy atom. The van der Waals surface area contributed by atoms with E-state index in [-0.39, 0.29) is 17.1 Å². The standard InChI is InChI=1S/C15H24BNO3/c1-10-9-11(7-8-12(10)18-6)13(17)16-19-14(2,3)15(4,5)20-16/h7-9,13H,17H2,1-6H3/t13-/m0/s1. The van der Waals surface area contributed by atoms with Gasteiger partial charge in [-0.15, -0.1) is 0 Å². The lowest BCUT2D eigenvalue weighted by Crippen LogP contribution is -2.41. The minimum absolute atomic E-state index is 0.319. The molecule has 5 heteroatoms. The smallest absolute Gasteiger partial charge is 0.480 e. The quantitative estimate of drug-likeness (QED) is 0.863. The molecule has 1 heterocycles. The molecule has 20 heavy (non-hydrogen) atoms. The molecule has 110 valence electrons. The van der Waals surface area contributed by atoms with Gasteiger partial charge in [0.2, 0.25) is 0 Å². The second kappa shape index (κ2) is 5.06. The fraction of sp³-hybridized carbons (Fsp3) is 0.600. The molecule has 1 aliphatic rings. The summed E-state index contributed by atoms with van der Waals surface area (Å²) in [4.78, 5) is 0. The molecule has 0 spiro atoms. The van der Waals surface area contributed by atoms with Gasteiger partial charge in [0.05, 0.1) is 24.3 Å². The Balaban J connectivity index is 2.21. The first kappa shape index (κ1) is 15.4. The van der Waals surface area contributed by atoms with Crippen molar-refractivity contribution in [3.63, 3.8) is 0 Å². The molecule has 2 rings (SSSR count). The molecule has 1 aliphatic heterocycles. The fourth-order valence-corrected chi connectivity index (χ4v) is 2.30. The van der Waals surface area contributed by atoms with Crippen LogP contribution in [-0.4, -0.2) is 25.4 Å². The van der Waals surface area contributed by atoms with Gasteiger partial charge in [-0.3, -0.25) is 0 Å². The van der Waals surface area contributed by atoms with Crippen LogP contribution < -0.4 is 10.5 Å². The average molecular weight is 277 g/mol. The van der Waals surface area contributed by atoms with E-state index in [1.807, 2.05) is 52.8 Å². The van der Waals surface area contributed by atoms with E-state index in [4.69, 9.17) is 19.8 Å². The highest BCUT2D eigenvalue weighted by molar-refractivity contribution is 6.47. The molecule has 1 aromatic rings. The normalized spacial score (nSPS) is 21.9. The third kappa shape index (κ3) is 2.58. The van der Waals surface area contributed by atoms with Gasteiger partial charge in [-0.25, -0.2) is 0 Å². The number of hydrogen-bond donors (Lipinski definition) is 1. The van der Waals surface area contributed by atoms with Crippen LogP contribution in [0.25, 0.3) is 0 Å². The van der Waals surface area contributed by atoms with Crippen LogP contribution in [0.4, 0.5) is 0 Å². The van der Waals surface area contributed by atoms with Crippen LogP contribution >= 0.6 is 0 Å². The summed E-state index contributed by atoms with van der Waals surface area (Å²) < 4.78 is 17.3. The van der Waals surface area contributed by atoms with E-state index in [2.05, 4.69) is 0 Å². The fourth-order valence-electron chi connectivity index (χ4n) is 2.30. The molecule has 1 aromatic carbocycles. The summed E-state index contributed by atoms with van der Waals surface area (Å²) in [6.07, 6.45) is 0. The largest absolute Gasteiger partial charge is 0.496 e. The topological polar surface area (TPSA) is 53.7 Å². The third-order valence-electron chi connectivity index (χ3n) is 4.37. The van der Waals surface area contributed by atoms with Crippen LogP contribution in [0.1, 0.15) is 44.8 Å². The second-order valence-corrected chi connectivity index (χ2v) is 6.38. The predicted octanol–water partition coefficient (Wildman–Crippen LogP) is 2.63. The van der Waals surface area contributed by atoms with Gasteiger partial charge in [0, 0.05) is 0 Å². The van der Waals surface area contributed by atoms with Crippen molar-refractivity contribution in [1.82, 2.24) is 0 Å². The third-order valence-corrected chi connectivity index (χ3v) is 4.37. The predicted molar refractivity (Wildman–Crippen MR) is 80.7 cm³/mol. The summed E-state index contributed by atoms with van der Waals surface area (Å²) in [6, 6.07) is 5.91. The molecule has 1 fully saturated rings. The molecule has 0 aliphatic carbocycles. The first-order valence-electron chi connectivity index (χ1n) is 6.94. The van der Waals surface area contributed by atoms with E-state index >= 15 is 0 Å². The zero-order chi connectivity index (χ0) is 15.1. The van der Waals surface area contributed by atoms with Gasteiger partial charge in [-0.1, -0.05) is 12.1 Å². The molecule has 4 nitrogen and oxygen atoms in total. The molecular formula is C15H24BNO3. The van der Waals surface area contributed by atoms with Gasteiger partial charge >= 0.3 is 7.12 Å². The molecule has 0 aromatic heterocycles. The van der Waals surface area contributed by atoms with E-state index in [1.165, 1.54) is 0 Å².